The molecule has 0 spiro atoms. The van der Waals surface area contributed by atoms with E-state index >= 15 is 0 Å². The highest BCUT2D eigenvalue weighted by molar-refractivity contribution is 6.01. The summed E-state index contributed by atoms with van der Waals surface area (Å²) in [5.74, 6) is 0.185. The normalized spacial score (nSPS) is 20.0. The van der Waals surface area contributed by atoms with Crippen LogP contribution in [0.2, 0.25) is 0 Å². The fourth-order valence-electron chi connectivity index (χ4n) is 2.65. The first-order valence-electron chi connectivity index (χ1n) is 7.14. The Morgan fingerprint density at radius 1 is 1.14 bits per heavy atom. The number of carbonyl (C=O) groups excluding carboxylic acids is 2. The summed E-state index contributed by atoms with van der Waals surface area (Å²) in [6.07, 6.45) is -0.339. The van der Waals surface area contributed by atoms with Gasteiger partial charge in [-0.25, -0.2) is 0 Å². The van der Waals surface area contributed by atoms with Crippen molar-refractivity contribution >= 4 is 11.8 Å². The quantitative estimate of drug-likeness (QED) is 0.628. The molecule has 112 valence electrons. The Balaban J connectivity index is 1.98. The van der Waals surface area contributed by atoms with Gasteiger partial charge in [0.1, 0.15) is 17.6 Å². The van der Waals surface area contributed by atoms with Gasteiger partial charge in [0.25, 0.3) is 0 Å². The molecule has 22 heavy (non-hydrogen) atoms. The fraction of sp³-hybridized carbons (Fsp3) is 0.222. The average molecular weight is 296 g/mol. The highest BCUT2D eigenvalue weighted by Gasteiger charge is 2.35. The summed E-state index contributed by atoms with van der Waals surface area (Å²) in [6.45, 7) is 3.20. The van der Waals surface area contributed by atoms with Gasteiger partial charge in [-0.15, -0.1) is 0 Å². The first-order chi connectivity index (χ1) is 10.6. The molecule has 0 N–H and O–H groups in total. The number of benzene rings is 2. The molecule has 1 aliphatic heterocycles. The van der Waals surface area contributed by atoms with E-state index in [1.807, 2.05) is 37.3 Å². The lowest BCUT2D eigenvalue weighted by atomic mass is 9.87. The summed E-state index contributed by atoms with van der Waals surface area (Å²) >= 11 is 0. The van der Waals surface area contributed by atoms with E-state index in [4.69, 9.17) is 9.47 Å². The van der Waals surface area contributed by atoms with Gasteiger partial charge < -0.3 is 9.47 Å². The zero-order chi connectivity index (χ0) is 15.7. The van der Waals surface area contributed by atoms with Gasteiger partial charge in [0.2, 0.25) is 0 Å². The number of fused-ring (bicyclic) bond motifs is 1. The van der Waals surface area contributed by atoms with Crippen LogP contribution in [0.3, 0.4) is 0 Å². The first-order valence-corrected chi connectivity index (χ1v) is 7.14. The van der Waals surface area contributed by atoms with Crippen LogP contribution in [0.4, 0.5) is 0 Å². The van der Waals surface area contributed by atoms with Gasteiger partial charge in [-0.1, -0.05) is 37.3 Å². The average Bonchev–Trinajstić information content (AvgIpc) is 2.51. The minimum atomic E-state index is -0.407. The number of ketones is 1. The van der Waals surface area contributed by atoms with Crippen molar-refractivity contribution in [1.82, 2.24) is 0 Å². The molecule has 0 radical (unpaired) electrons. The number of hydrogen-bond acceptors (Lipinski definition) is 4. The van der Waals surface area contributed by atoms with Crippen molar-refractivity contribution in [2.24, 2.45) is 5.92 Å². The fourth-order valence-corrected chi connectivity index (χ4v) is 2.65. The summed E-state index contributed by atoms with van der Waals surface area (Å²) in [5, 5.41) is 0. The Morgan fingerprint density at radius 2 is 1.86 bits per heavy atom. The summed E-state index contributed by atoms with van der Waals surface area (Å²) in [4.78, 5) is 23.6. The third-order valence-corrected chi connectivity index (χ3v) is 3.73. The summed E-state index contributed by atoms with van der Waals surface area (Å²) in [7, 11) is 0. The van der Waals surface area contributed by atoms with Crippen LogP contribution in [0, 0.1) is 5.92 Å². The first kappa shape index (κ1) is 14.3. The molecule has 0 aromatic heterocycles. The molecule has 2 aromatic rings. The highest BCUT2D eigenvalue weighted by atomic mass is 16.5. The van der Waals surface area contributed by atoms with Crippen LogP contribution in [-0.4, -0.2) is 11.8 Å². The number of rotatable bonds is 2. The van der Waals surface area contributed by atoms with E-state index in [0.29, 0.717) is 17.1 Å². The number of hydrogen-bond donors (Lipinski definition) is 0. The molecule has 2 atom stereocenters. The van der Waals surface area contributed by atoms with Gasteiger partial charge in [-0.2, -0.15) is 0 Å². The number of carbonyl (C=O) groups is 2. The molecule has 2 aromatic carbocycles. The van der Waals surface area contributed by atoms with E-state index in [1.54, 1.807) is 18.2 Å². The third-order valence-electron chi connectivity index (χ3n) is 3.73. The number of Topliss-reactive ketones (excluding diaryl/α,β-unsaturated/α-hetero) is 1. The lowest BCUT2D eigenvalue weighted by Crippen LogP contribution is -2.29. The molecule has 1 aliphatic rings. The molecule has 0 amide bonds. The second kappa shape index (κ2) is 5.64. The molecule has 0 saturated heterocycles. The predicted octanol–water partition coefficient (Wildman–Crippen LogP) is 3.56. The largest absolute Gasteiger partial charge is 0.484 e. The molecular weight excluding hydrogens is 280 g/mol. The molecule has 3 rings (SSSR count). The van der Waals surface area contributed by atoms with E-state index in [9.17, 15) is 9.59 Å². The molecule has 4 heteroatoms. The molecule has 2 unspecified atom stereocenters. The lowest BCUT2D eigenvalue weighted by molar-refractivity contribution is -0.131. The van der Waals surface area contributed by atoms with Gasteiger partial charge in [0, 0.05) is 13.0 Å². The maximum absolute atomic E-state index is 12.5. The smallest absolute Gasteiger partial charge is 0.308 e. The zero-order valence-corrected chi connectivity index (χ0v) is 12.4. The highest BCUT2D eigenvalue weighted by Crippen LogP contribution is 2.40. The standard InChI is InChI=1S/C18H16O4/c1-11-17(20)15-9-8-14(21-12(2)19)10-16(15)22-18(11)13-6-4-3-5-7-13/h3-11,18H,1-2H3. The van der Waals surface area contributed by atoms with E-state index < -0.39 is 5.97 Å². The molecule has 0 aliphatic carbocycles. The molecular formula is C18H16O4. The summed E-state index contributed by atoms with van der Waals surface area (Å²) in [6, 6.07) is 14.5. The number of ether oxygens (including phenoxy) is 2. The third kappa shape index (κ3) is 2.60. The summed E-state index contributed by atoms with van der Waals surface area (Å²) < 4.78 is 11.1. The topological polar surface area (TPSA) is 52.6 Å². The van der Waals surface area contributed by atoms with Crippen molar-refractivity contribution in [3.05, 3.63) is 59.7 Å². The van der Waals surface area contributed by atoms with Crippen LogP contribution in [0.1, 0.15) is 35.9 Å². The maximum atomic E-state index is 12.5. The Kier molecular flexibility index (Phi) is 3.67. The van der Waals surface area contributed by atoms with Gasteiger partial charge in [-0.3, -0.25) is 9.59 Å². The van der Waals surface area contributed by atoms with Crippen molar-refractivity contribution in [3.8, 4) is 11.5 Å². The summed E-state index contributed by atoms with van der Waals surface area (Å²) in [5.41, 5.74) is 1.47. The van der Waals surface area contributed by atoms with Crippen LogP contribution in [0.5, 0.6) is 11.5 Å². The van der Waals surface area contributed by atoms with Crippen molar-refractivity contribution in [2.45, 2.75) is 20.0 Å². The van der Waals surface area contributed by atoms with Crippen molar-refractivity contribution in [3.63, 3.8) is 0 Å². The molecule has 0 bridgehead atoms. The van der Waals surface area contributed by atoms with Gasteiger partial charge >= 0.3 is 5.97 Å². The van der Waals surface area contributed by atoms with Crippen LogP contribution in [0.15, 0.2) is 48.5 Å². The van der Waals surface area contributed by atoms with Crippen LogP contribution in [-0.2, 0) is 4.79 Å². The van der Waals surface area contributed by atoms with Crippen molar-refractivity contribution < 1.29 is 19.1 Å². The SMILES string of the molecule is CC(=O)Oc1ccc2c(c1)OC(c1ccccc1)C(C)C2=O. The minimum absolute atomic E-state index is 0.0319. The molecule has 1 heterocycles. The molecule has 4 nitrogen and oxygen atoms in total. The predicted molar refractivity (Wildman–Crippen MR) is 81.1 cm³/mol. The molecule has 0 saturated carbocycles. The Hall–Kier alpha value is -2.62. The Bertz CT molecular complexity index is 721. The van der Waals surface area contributed by atoms with Crippen molar-refractivity contribution in [2.75, 3.05) is 0 Å². The van der Waals surface area contributed by atoms with Gasteiger partial charge in [0.05, 0.1) is 11.5 Å². The zero-order valence-electron chi connectivity index (χ0n) is 12.4. The second-order valence-electron chi connectivity index (χ2n) is 5.35. The van der Waals surface area contributed by atoms with Crippen LogP contribution >= 0.6 is 0 Å². The van der Waals surface area contributed by atoms with E-state index in [-0.39, 0.29) is 17.8 Å². The Morgan fingerprint density at radius 3 is 2.55 bits per heavy atom. The van der Waals surface area contributed by atoms with Crippen molar-refractivity contribution in [1.29, 1.82) is 0 Å². The molecule has 0 fully saturated rings. The second-order valence-corrected chi connectivity index (χ2v) is 5.35. The lowest BCUT2D eigenvalue weighted by Gasteiger charge is -2.31. The maximum Gasteiger partial charge on any atom is 0.308 e. The monoisotopic (exact) mass is 296 g/mol. The minimum Gasteiger partial charge on any atom is -0.484 e. The Labute approximate surface area is 128 Å². The van der Waals surface area contributed by atoms with Gasteiger partial charge in [-0.05, 0) is 17.7 Å². The van der Waals surface area contributed by atoms with E-state index in [2.05, 4.69) is 0 Å². The van der Waals surface area contributed by atoms with Crippen LogP contribution < -0.4 is 9.47 Å². The van der Waals surface area contributed by atoms with Crippen LogP contribution in [0.25, 0.3) is 0 Å². The van der Waals surface area contributed by atoms with E-state index in [0.717, 1.165) is 5.56 Å². The van der Waals surface area contributed by atoms with Gasteiger partial charge in [0.15, 0.2) is 5.78 Å². The van der Waals surface area contributed by atoms with E-state index in [1.165, 1.54) is 6.92 Å². The number of esters is 1.